The van der Waals surface area contributed by atoms with Crippen molar-refractivity contribution in [1.82, 2.24) is 26.3 Å². The van der Waals surface area contributed by atoms with Gasteiger partial charge in [0.15, 0.2) is 0 Å². The standard InChI is InChI=1S/C39H48N6O10S/c1-6-45(7-2)29-16-14-26-23-31(37(49)53-32(26)24-29)36(48)42-21-20-41-34(46)27-12-11-13-30(22-27)56(51,52)55-33-17-15-28(25-44-33)35(47)40-18-9-8-10-19-43-38(50)54-39(3,4)5/h11-17,22-25H,6-10,18-21H2,1-5H3,(H,40,47)(H,41,46)(H,42,48)(H,43,50). The van der Waals surface area contributed by atoms with Gasteiger partial charge in [-0.25, -0.2) is 14.6 Å². The van der Waals surface area contributed by atoms with Gasteiger partial charge in [-0.1, -0.05) is 6.07 Å². The number of hydrogen-bond acceptors (Lipinski definition) is 12. The molecule has 0 radical (unpaired) electrons. The molecule has 0 fully saturated rings. The second-order valence-electron chi connectivity index (χ2n) is 13.5. The number of benzene rings is 2. The zero-order chi connectivity index (χ0) is 40.9. The number of unbranched alkanes of at least 4 members (excludes halogenated alkanes) is 2. The normalized spacial score (nSPS) is 11.4. The molecular weight excluding hydrogens is 745 g/mol. The molecule has 0 aliphatic carbocycles. The van der Waals surface area contributed by atoms with Gasteiger partial charge in [0.1, 0.15) is 21.6 Å². The van der Waals surface area contributed by atoms with Crippen molar-refractivity contribution in [2.75, 3.05) is 44.2 Å². The van der Waals surface area contributed by atoms with E-state index in [-0.39, 0.29) is 40.6 Å². The first-order valence-corrected chi connectivity index (χ1v) is 19.7. The largest absolute Gasteiger partial charge is 0.444 e. The number of nitrogens with zero attached hydrogens (tertiary/aromatic N) is 2. The summed E-state index contributed by atoms with van der Waals surface area (Å²) in [5.41, 5.74) is -0.0765. The number of aromatic nitrogens is 1. The monoisotopic (exact) mass is 792 g/mol. The Bertz CT molecular complexity index is 2180. The average molecular weight is 793 g/mol. The van der Waals surface area contributed by atoms with E-state index in [4.69, 9.17) is 13.3 Å². The maximum Gasteiger partial charge on any atom is 0.407 e. The Hall–Kier alpha value is -5.97. The highest BCUT2D eigenvalue weighted by Crippen LogP contribution is 2.22. The lowest BCUT2D eigenvalue weighted by Crippen LogP contribution is -2.36. The summed E-state index contributed by atoms with van der Waals surface area (Å²) in [5, 5.41) is 11.2. The highest BCUT2D eigenvalue weighted by Gasteiger charge is 2.21. The van der Waals surface area contributed by atoms with E-state index in [1.165, 1.54) is 42.6 Å². The van der Waals surface area contributed by atoms with Crippen LogP contribution in [-0.4, -0.2) is 82.1 Å². The van der Waals surface area contributed by atoms with Gasteiger partial charge in [0.05, 0.1) is 5.56 Å². The average Bonchev–Trinajstić information content (AvgIpc) is 3.15. The molecule has 0 aliphatic rings. The molecule has 300 valence electrons. The molecule has 17 heteroatoms. The van der Waals surface area contributed by atoms with Crippen molar-refractivity contribution in [3.8, 4) is 5.88 Å². The summed E-state index contributed by atoms with van der Waals surface area (Å²) < 4.78 is 41.8. The number of amides is 4. The summed E-state index contributed by atoms with van der Waals surface area (Å²) in [4.78, 5) is 68.1. The van der Waals surface area contributed by atoms with Crippen LogP contribution in [0.15, 0.2) is 81.0 Å². The fraction of sp³-hybridized carbons (Fsp3) is 0.385. The van der Waals surface area contributed by atoms with Crippen molar-refractivity contribution in [2.24, 2.45) is 0 Å². The fourth-order valence-electron chi connectivity index (χ4n) is 5.35. The first-order valence-electron chi connectivity index (χ1n) is 18.2. The van der Waals surface area contributed by atoms with Crippen LogP contribution in [0.2, 0.25) is 0 Å². The first kappa shape index (κ1) is 42.8. The molecule has 0 bridgehead atoms. The molecule has 0 unspecified atom stereocenters. The van der Waals surface area contributed by atoms with Crippen LogP contribution >= 0.6 is 0 Å². The van der Waals surface area contributed by atoms with Crippen LogP contribution < -0.4 is 36.0 Å². The van der Waals surface area contributed by atoms with Gasteiger partial charge < -0.3 is 39.5 Å². The molecule has 0 spiro atoms. The number of hydrogen-bond donors (Lipinski definition) is 4. The molecule has 2 aromatic carbocycles. The van der Waals surface area contributed by atoms with Crippen LogP contribution in [0.1, 0.15) is 85.0 Å². The van der Waals surface area contributed by atoms with E-state index in [0.29, 0.717) is 36.9 Å². The van der Waals surface area contributed by atoms with Crippen molar-refractivity contribution in [1.29, 1.82) is 0 Å². The Kier molecular flexibility index (Phi) is 14.9. The number of alkyl carbamates (subject to hydrolysis) is 1. The molecule has 0 atom stereocenters. The lowest BCUT2D eigenvalue weighted by Gasteiger charge is -2.21. The van der Waals surface area contributed by atoms with Gasteiger partial charge in [0.2, 0.25) is 5.88 Å². The van der Waals surface area contributed by atoms with Crippen LogP contribution in [0.3, 0.4) is 0 Å². The third-order valence-corrected chi connectivity index (χ3v) is 9.40. The summed E-state index contributed by atoms with van der Waals surface area (Å²) >= 11 is 0. The second-order valence-corrected chi connectivity index (χ2v) is 15.1. The van der Waals surface area contributed by atoms with Gasteiger partial charge in [-0.3, -0.25) is 14.4 Å². The van der Waals surface area contributed by atoms with Crippen molar-refractivity contribution in [2.45, 2.75) is 64.4 Å². The van der Waals surface area contributed by atoms with Gasteiger partial charge in [0.25, 0.3) is 17.7 Å². The molecule has 4 rings (SSSR count). The maximum atomic E-state index is 13.0. The molecule has 2 heterocycles. The Labute approximate surface area is 325 Å². The predicted molar refractivity (Wildman–Crippen MR) is 210 cm³/mol. The van der Waals surface area contributed by atoms with Gasteiger partial charge >= 0.3 is 21.8 Å². The molecule has 4 aromatic rings. The van der Waals surface area contributed by atoms with Crippen LogP contribution in [0, 0.1) is 0 Å². The summed E-state index contributed by atoms with van der Waals surface area (Å²) in [6.45, 7) is 11.7. The highest BCUT2D eigenvalue weighted by molar-refractivity contribution is 7.87. The van der Waals surface area contributed by atoms with Crippen LogP contribution in [0.5, 0.6) is 5.88 Å². The molecule has 0 saturated carbocycles. The number of ether oxygens (including phenoxy) is 1. The smallest absolute Gasteiger partial charge is 0.407 e. The van der Waals surface area contributed by atoms with Crippen LogP contribution in [0.25, 0.3) is 11.0 Å². The first-order chi connectivity index (χ1) is 26.6. The Balaban J connectivity index is 1.21. The van der Waals surface area contributed by atoms with Gasteiger partial charge in [0, 0.05) is 74.2 Å². The topological polar surface area (TPSA) is 215 Å². The van der Waals surface area contributed by atoms with Gasteiger partial charge in [-0.15, -0.1) is 0 Å². The molecule has 16 nitrogen and oxygen atoms in total. The molecule has 0 saturated heterocycles. The lowest BCUT2D eigenvalue weighted by atomic mass is 10.1. The Morgan fingerprint density at radius 3 is 2.09 bits per heavy atom. The lowest BCUT2D eigenvalue weighted by molar-refractivity contribution is 0.0526. The van der Waals surface area contributed by atoms with E-state index in [2.05, 4.69) is 31.2 Å². The van der Waals surface area contributed by atoms with E-state index < -0.39 is 45.2 Å². The second kappa shape index (κ2) is 19.6. The van der Waals surface area contributed by atoms with Crippen LogP contribution in [-0.2, 0) is 14.9 Å². The summed E-state index contributed by atoms with van der Waals surface area (Å²) in [6.07, 6.45) is 2.84. The minimum atomic E-state index is -4.41. The van der Waals surface area contributed by atoms with Gasteiger partial charge in [-0.05, 0) is 96.3 Å². The molecule has 4 N–H and O–H groups in total. The van der Waals surface area contributed by atoms with E-state index in [1.807, 2.05) is 19.9 Å². The molecule has 2 aromatic heterocycles. The van der Waals surface area contributed by atoms with Crippen molar-refractivity contribution in [3.63, 3.8) is 0 Å². The number of fused-ring (bicyclic) bond motifs is 1. The number of pyridine rings is 1. The third kappa shape index (κ3) is 12.5. The number of carbonyl (C=O) groups excluding carboxylic acids is 4. The number of nitrogens with one attached hydrogen (secondary N) is 4. The SMILES string of the molecule is CCN(CC)c1ccc2cc(C(=O)NCCNC(=O)c3cccc(S(=O)(=O)Oc4ccc(C(=O)NCCCCCNC(=O)OC(C)(C)C)cn4)c3)c(=O)oc2c1. The van der Waals surface area contributed by atoms with E-state index >= 15 is 0 Å². The third-order valence-electron chi connectivity index (χ3n) is 8.17. The molecular formula is C39H48N6O10S. The van der Waals surface area contributed by atoms with E-state index in [0.717, 1.165) is 31.3 Å². The van der Waals surface area contributed by atoms with E-state index in [9.17, 15) is 32.4 Å². The van der Waals surface area contributed by atoms with Crippen molar-refractivity contribution < 1.29 is 40.9 Å². The number of rotatable bonds is 18. The summed E-state index contributed by atoms with van der Waals surface area (Å²) in [7, 11) is -4.41. The molecule has 56 heavy (non-hydrogen) atoms. The summed E-state index contributed by atoms with van der Waals surface area (Å²) in [6, 6.07) is 14.6. The van der Waals surface area contributed by atoms with Gasteiger partial charge in [-0.2, -0.15) is 8.42 Å². The fourth-order valence-corrected chi connectivity index (χ4v) is 6.28. The zero-order valence-corrected chi connectivity index (χ0v) is 32.9. The van der Waals surface area contributed by atoms with Crippen molar-refractivity contribution in [3.05, 3.63) is 94.0 Å². The Morgan fingerprint density at radius 2 is 1.43 bits per heavy atom. The van der Waals surface area contributed by atoms with Crippen LogP contribution in [0.4, 0.5) is 10.5 Å². The number of carbonyl (C=O) groups is 4. The maximum absolute atomic E-state index is 13.0. The minimum absolute atomic E-state index is 0.0135. The zero-order valence-electron chi connectivity index (χ0n) is 32.1. The molecule has 0 aliphatic heterocycles. The number of anilines is 1. The van der Waals surface area contributed by atoms with E-state index in [1.54, 1.807) is 32.9 Å². The van der Waals surface area contributed by atoms with Crippen molar-refractivity contribution >= 4 is 50.6 Å². The Morgan fingerprint density at radius 1 is 0.768 bits per heavy atom. The molecule has 4 amide bonds. The quantitative estimate of drug-likeness (QED) is 0.0628. The summed E-state index contributed by atoms with van der Waals surface area (Å²) in [5.74, 6) is -1.97. The predicted octanol–water partition coefficient (Wildman–Crippen LogP) is 4.39. The highest BCUT2D eigenvalue weighted by atomic mass is 32.2. The minimum Gasteiger partial charge on any atom is -0.444 e.